The van der Waals surface area contributed by atoms with E-state index in [0.717, 1.165) is 11.1 Å². The first-order chi connectivity index (χ1) is 12.9. The SMILES string of the molecule is CS(=O)(=O)N1Cc2[nH]nc(NC(=O)c3ccc(-c4ccccc4)cc3)c2C1. The molecule has 8 heteroatoms. The van der Waals surface area contributed by atoms with Crippen LogP contribution in [0.3, 0.4) is 0 Å². The second-order valence-electron chi connectivity index (χ2n) is 6.46. The molecule has 0 spiro atoms. The van der Waals surface area contributed by atoms with Gasteiger partial charge in [0, 0.05) is 17.7 Å². The fraction of sp³-hybridized carbons (Fsp3) is 0.158. The van der Waals surface area contributed by atoms with E-state index < -0.39 is 10.0 Å². The van der Waals surface area contributed by atoms with Gasteiger partial charge in [0.15, 0.2) is 5.82 Å². The largest absolute Gasteiger partial charge is 0.305 e. The number of H-pyrrole nitrogens is 1. The van der Waals surface area contributed by atoms with Crippen molar-refractivity contribution < 1.29 is 13.2 Å². The molecule has 2 aromatic carbocycles. The van der Waals surface area contributed by atoms with Crippen LogP contribution in [0.15, 0.2) is 54.6 Å². The molecule has 0 aliphatic carbocycles. The Labute approximate surface area is 157 Å². The molecule has 0 radical (unpaired) electrons. The molecular formula is C19H18N4O3S. The molecule has 1 aliphatic heterocycles. The summed E-state index contributed by atoms with van der Waals surface area (Å²) in [5.41, 5.74) is 4.02. The highest BCUT2D eigenvalue weighted by Crippen LogP contribution is 2.29. The van der Waals surface area contributed by atoms with Crippen molar-refractivity contribution in [2.24, 2.45) is 0 Å². The number of carbonyl (C=O) groups is 1. The molecule has 1 amide bonds. The summed E-state index contributed by atoms with van der Waals surface area (Å²) in [6.07, 6.45) is 1.17. The number of nitrogens with zero attached hydrogens (tertiary/aromatic N) is 2. The quantitative estimate of drug-likeness (QED) is 0.725. The van der Waals surface area contributed by atoms with Crippen LogP contribution in [-0.2, 0) is 23.1 Å². The summed E-state index contributed by atoms with van der Waals surface area (Å²) in [4.78, 5) is 12.5. The third-order valence-electron chi connectivity index (χ3n) is 4.58. The first kappa shape index (κ1) is 17.4. The zero-order valence-corrected chi connectivity index (χ0v) is 15.5. The lowest BCUT2D eigenvalue weighted by Gasteiger charge is -2.11. The van der Waals surface area contributed by atoms with Gasteiger partial charge in [0.2, 0.25) is 10.0 Å². The Balaban J connectivity index is 1.50. The van der Waals surface area contributed by atoms with E-state index in [1.807, 2.05) is 42.5 Å². The first-order valence-electron chi connectivity index (χ1n) is 8.40. The molecule has 138 valence electrons. The minimum absolute atomic E-state index is 0.202. The number of fused-ring (bicyclic) bond motifs is 1. The van der Waals surface area contributed by atoms with Crippen LogP contribution in [-0.4, -0.2) is 35.1 Å². The van der Waals surface area contributed by atoms with Crippen molar-refractivity contribution in [3.8, 4) is 11.1 Å². The van der Waals surface area contributed by atoms with E-state index in [0.29, 0.717) is 22.6 Å². The van der Waals surface area contributed by atoms with Gasteiger partial charge >= 0.3 is 0 Å². The van der Waals surface area contributed by atoms with E-state index in [2.05, 4.69) is 15.5 Å². The Kier molecular flexibility index (Phi) is 4.29. The summed E-state index contributed by atoms with van der Waals surface area (Å²) in [5, 5.41) is 9.68. The van der Waals surface area contributed by atoms with Crippen LogP contribution in [0.1, 0.15) is 21.6 Å². The highest BCUT2D eigenvalue weighted by atomic mass is 32.2. The second kappa shape index (κ2) is 6.64. The van der Waals surface area contributed by atoms with Crippen LogP contribution in [0.5, 0.6) is 0 Å². The summed E-state index contributed by atoms with van der Waals surface area (Å²) >= 11 is 0. The lowest BCUT2D eigenvalue weighted by Crippen LogP contribution is -2.24. The van der Waals surface area contributed by atoms with Crippen LogP contribution >= 0.6 is 0 Å². The predicted octanol–water partition coefficient (Wildman–Crippen LogP) is 2.60. The van der Waals surface area contributed by atoms with Crippen molar-refractivity contribution in [1.29, 1.82) is 0 Å². The molecule has 0 saturated heterocycles. The van der Waals surface area contributed by atoms with Gasteiger partial charge in [-0.25, -0.2) is 8.42 Å². The van der Waals surface area contributed by atoms with E-state index in [1.165, 1.54) is 10.6 Å². The molecule has 0 unspecified atom stereocenters. The van der Waals surface area contributed by atoms with Crippen LogP contribution in [0.4, 0.5) is 5.82 Å². The van der Waals surface area contributed by atoms with E-state index in [1.54, 1.807) is 12.1 Å². The summed E-state index contributed by atoms with van der Waals surface area (Å²) < 4.78 is 24.7. The van der Waals surface area contributed by atoms with E-state index in [4.69, 9.17) is 0 Å². The molecule has 1 aliphatic rings. The topological polar surface area (TPSA) is 95.2 Å². The van der Waals surface area contributed by atoms with Crippen molar-refractivity contribution in [1.82, 2.24) is 14.5 Å². The molecule has 2 heterocycles. The summed E-state index contributed by atoms with van der Waals surface area (Å²) in [5.74, 6) is 0.0787. The van der Waals surface area contributed by atoms with Crippen molar-refractivity contribution in [2.75, 3.05) is 11.6 Å². The number of amides is 1. The van der Waals surface area contributed by atoms with Gasteiger partial charge in [-0.1, -0.05) is 42.5 Å². The molecule has 27 heavy (non-hydrogen) atoms. The van der Waals surface area contributed by atoms with E-state index in [9.17, 15) is 13.2 Å². The number of aromatic amines is 1. The first-order valence-corrected chi connectivity index (χ1v) is 10.2. The van der Waals surface area contributed by atoms with Crippen molar-refractivity contribution in [2.45, 2.75) is 13.1 Å². The molecule has 0 saturated carbocycles. The fourth-order valence-corrected chi connectivity index (χ4v) is 3.80. The van der Waals surface area contributed by atoms with Gasteiger partial charge in [0.25, 0.3) is 5.91 Å². The highest BCUT2D eigenvalue weighted by molar-refractivity contribution is 7.88. The predicted molar refractivity (Wildman–Crippen MR) is 103 cm³/mol. The third-order valence-corrected chi connectivity index (χ3v) is 5.77. The Hall–Kier alpha value is -2.97. The van der Waals surface area contributed by atoms with Crippen LogP contribution < -0.4 is 5.32 Å². The maximum atomic E-state index is 12.5. The number of rotatable bonds is 4. The van der Waals surface area contributed by atoms with E-state index >= 15 is 0 Å². The maximum absolute atomic E-state index is 12.5. The zero-order chi connectivity index (χ0) is 19.0. The molecule has 0 bridgehead atoms. The van der Waals surface area contributed by atoms with Crippen molar-refractivity contribution in [3.63, 3.8) is 0 Å². The molecule has 4 rings (SSSR count). The Morgan fingerprint density at radius 1 is 1.04 bits per heavy atom. The Morgan fingerprint density at radius 3 is 2.37 bits per heavy atom. The number of aromatic nitrogens is 2. The van der Waals surface area contributed by atoms with Crippen LogP contribution in [0.2, 0.25) is 0 Å². The van der Waals surface area contributed by atoms with Gasteiger partial charge in [0.1, 0.15) is 0 Å². The van der Waals surface area contributed by atoms with Crippen LogP contribution in [0, 0.1) is 0 Å². The monoisotopic (exact) mass is 382 g/mol. The van der Waals surface area contributed by atoms with Gasteiger partial charge < -0.3 is 5.32 Å². The fourth-order valence-electron chi connectivity index (χ4n) is 3.07. The second-order valence-corrected chi connectivity index (χ2v) is 8.44. The Bertz CT molecular complexity index is 1090. The minimum Gasteiger partial charge on any atom is -0.305 e. The minimum atomic E-state index is -3.30. The summed E-state index contributed by atoms with van der Waals surface area (Å²) in [7, 11) is -3.30. The number of nitrogens with one attached hydrogen (secondary N) is 2. The number of benzene rings is 2. The normalized spacial score (nSPS) is 14.1. The molecular weight excluding hydrogens is 364 g/mol. The van der Waals surface area contributed by atoms with Gasteiger partial charge in [-0.05, 0) is 23.3 Å². The van der Waals surface area contributed by atoms with E-state index in [-0.39, 0.29) is 19.0 Å². The summed E-state index contributed by atoms with van der Waals surface area (Å²) in [6, 6.07) is 17.2. The third kappa shape index (κ3) is 3.49. The Morgan fingerprint density at radius 2 is 1.70 bits per heavy atom. The smallest absolute Gasteiger partial charge is 0.256 e. The molecule has 2 N–H and O–H groups in total. The number of anilines is 1. The summed E-state index contributed by atoms with van der Waals surface area (Å²) in [6.45, 7) is 0.441. The number of carbonyl (C=O) groups excluding carboxylic acids is 1. The molecule has 3 aromatic rings. The number of hydrogen-bond donors (Lipinski definition) is 2. The number of hydrogen-bond acceptors (Lipinski definition) is 4. The van der Waals surface area contributed by atoms with Crippen molar-refractivity contribution in [3.05, 3.63) is 71.4 Å². The lowest BCUT2D eigenvalue weighted by molar-refractivity contribution is 0.102. The van der Waals surface area contributed by atoms with Crippen LogP contribution in [0.25, 0.3) is 11.1 Å². The average Bonchev–Trinajstić information content (AvgIpc) is 3.25. The molecule has 1 aromatic heterocycles. The maximum Gasteiger partial charge on any atom is 0.256 e. The molecule has 0 atom stereocenters. The standard InChI is InChI=1S/C19H18N4O3S/c1-27(25,26)23-11-16-17(12-23)21-22-18(16)20-19(24)15-9-7-14(8-10-15)13-5-3-2-4-6-13/h2-10H,11-12H2,1H3,(H2,20,21,22,24). The molecule has 0 fully saturated rings. The molecule has 7 nitrogen and oxygen atoms in total. The lowest BCUT2D eigenvalue weighted by atomic mass is 10.0. The van der Waals surface area contributed by atoms with Gasteiger partial charge in [-0.15, -0.1) is 0 Å². The van der Waals surface area contributed by atoms with Gasteiger partial charge in [0.05, 0.1) is 18.5 Å². The average molecular weight is 382 g/mol. The highest BCUT2D eigenvalue weighted by Gasteiger charge is 2.30. The van der Waals surface area contributed by atoms with Crippen molar-refractivity contribution >= 4 is 21.7 Å². The number of sulfonamides is 1. The van der Waals surface area contributed by atoms with Gasteiger partial charge in [-0.3, -0.25) is 9.89 Å². The van der Waals surface area contributed by atoms with Gasteiger partial charge in [-0.2, -0.15) is 9.40 Å². The zero-order valence-electron chi connectivity index (χ0n) is 14.6.